The molecular formula is C18H24N6O3S. The molecule has 2 aromatic rings. The fourth-order valence-corrected chi connectivity index (χ4v) is 2.79. The first-order chi connectivity index (χ1) is 13.5. The van der Waals surface area contributed by atoms with E-state index in [9.17, 15) is 9.59 Å². The molecule has 0 bridgehead atoms. The van der Waals surface area contributed by atoms with Gasteiger partial charge in [-0.15, -0.1) is 11.3 Å². The summed E-state index contributed by atoms with van der Waals surface area (Å²) in [6.45, 7) is 4.04. The number of nitrogens with one attached hydrogen (secondary N) is 2. The maximum absolute atomic E-state index is 11.6. The Hall–Kier alpha value is -3.01. The molecule has 0 saturated heterocycles. The summed E-state index contributed by atoms with van der Waals surface area (Å²) in [4.78, 5) is 35.5. The number of carbonyl (C=O) groups is 2. The van der Waals surface area contributed by atoms with Gasteiger partial charge in [-0.1, -0.05) is 19.4 Å². The number of hydrogen-bond acceptors (Lipinski definition) is 7. The van der Waals surface area contributed by atoms with Crippen LogP contribution in [-0.4, -0.2) is 41.0 Å². The molecule has 0 aromatic carbocycles. The number of nitrogens with zero attached hydrogens (tertiary/aromatic N) is 3. The van der Waals surface area contributed by atoms with Crippen LogP contribution < -0.4 is 16.4 Å². The number of rotatable bonds is 9. The number of aromatic nitrogens is 2. The fourth-order valence-electron chi connectivity index (χ4n) is 2.10. The van der Waals surface area contributed by atoms with E-state index in [2.05, 4.69) is 37.3 Å². The molecule has 0 saturated carbocycles. The van der Waals surface area contributed by atoms with Crippen LogP contribution in [0.3, 0.4) is 0 Å². The van der Waals surface area contributed by atoms with Crippen molar-refractivity contribution in [3.05, 3.63) is 29.3 Å². The lowest BCUT2D eigenvalue weighted by Gasteiger charge is -2.06. The first-order valence-electron chi connectivity index (χ1n) is 8.88. The molecule has 0 atom stereocenters. The Morgan fingerprint density at radius 1 is 1.25 bits per heavy atom. The third kappa shape index (κ3) is 7.31. The molecular weight excluding hydrogens is 380 g/mol. The van der Waals surface area contributed by atoms with Crippen LogP contribution in [0.5, 0.6) is 0 Å². The van der Waals surface area contributed by atoms with E-state index >= 15 is 0 Å². The fraction of sp³-hybridized carbons (Fsp3) is 0.389. The monoisotopic (exact) mass is 404 g/mol. The van der Waals surface area contributed by atoms with Crippen LogP contribution in [0, 0.1) is 0 Å². The zero-order valence-electron chi connectivity index (χ0n) is 15.9. The highest BCUT2D eigenvalue weighted by molar-refractivity contribution is 7.13. The minimum Gasteiger partial charge on any atom is -0.456 e. The number of ether oxygens (including phenoxy) is 1. The van der Waals surface area contributed by atoms with Gasteiger partial charge in [0, 0.05) is 18.8 Å². The number of esters is 1. The molecule has 0 aliphatic heterocycles. The zero-order chi connectivity index (χ0) is 20.4. The minimum absolute atomic E-state index is 0.220. The van der Waals surface area contributed by atoms with Gasteiger partial charge in [-0.05, 0) is 18.6 Å². The number of nitrogens with two attached hydrogens (primary N) is 1. The molecule has 4 N–H and O–H groups in total. The predicted octanol–water partition coefficient (Wildman–Crippen LogP) is 1.72. The molecule has 0 radical (unpaired) electrons. The van der Waals surface area contributed by atoms with E-state index in [4.69, 9.17) is 5.73 Å². The lowest BCUT2D eigenvalue weighted by Crippen LogP contribution is -2.31. The van der Waals surface area contributed by atoms with Crippen LogP contribution >= 0.6 is 11.3 Å². The average molecular weight is 404 g/mol. The number of thiazole rings is 1. The van der Waals surface area contributed by atoms with Crippen LogP contribution in [0.25, 0.3) is 11.4 Å². The van der Waals surface area contributed by atoms with Crippen LogP contribution in [0.1, 0.15) is 32.4 Å². The van der Waals surface area contributed by atoms with Crippen LogP contribution in [0.15, 0.2) is 28.6 Å². The molecule has 0 aliphatic carbocycles. The Balaban J connectivity index is 1.96. The van der Waals surface area contributed by atoms with Gasteiger partial charge in [0.25, 0.3) is 5.91 Å². The predicted molar refractivity (Wildman–Crippen MR) is 108 cm³/mol. The number of pyridine rings is 1. The minimum atomic E-state index is -0.501. The number of unbranched alkanes of at least 4 members (excludes halogenated alkanes) is 1. The van der Waals surface area contributed by atoms with Gasteiger partial charge in [0.1, 0.15) is 5.69 Å². The van der Waals surface area contributed by atoms with E-state index in [1.165, 1.54) is 18.3 Å². The molecule has 0 unspecified atom stereocenters. The van der Waals surface area contributed by atoms with Crippen LogP contribution in [-0.2, 0) is 20.9 Å². The lowest BCUT2D eigenvalue weighted by atomic mass is 10.2. The Morgan fingerprint density at radius 3 is 2.82 bits per heavy atom. The highest BCUT2D eigenvalue weighted by Gasteiger charge is 2.08. The number of hydrogen-bond donors (Lipinski definition) is 3. The van der Waals surface area contributed by atoms with E-state index in [1.54, 1.807) is 6.07 Å². The molecule has 2 heterocycles. The van der Waals surface area contributed by atoms with E-state index in [1.807, 2.05) is 17.5 Å². The van der Waals surface area contributed by atoms with Crippen LogP contribution in [0.4, 0.5) is 5.13 Å². The van der Waals surface area contributed by atoms with Gasteiger partial charge in [0.2, 0.25) is 5.13 Å². The summed E-state index contributed by atoms with van der Waals surface area (Å²) in [5.74, 6) is -0.552. The summed E-state index contributed by atoms with van der Waals surface area (Å²) in [5, 5.41) is 8.08. The molecule has 28 heavy (non-hydrogen) atoms. The molecule has 2 rings (SSSR count). The van der Waals surface area contributed by atoms with Gasteiger partial charge >= 0.3 is 5.97 Å². The first-order valence-corrected chi connectivity index (χ1v) is 9.75. The van der Waals surface area contributed by atoms with Crippen molar-refractivity contribution in [1.29, 1.82) is 0 Å². The Kier molecular flexibility index (Phi) is 8.35. The average Bonchev–Trinajstić information content (AvgIpc) is 3.13. The van der Waals surface area contributed by atoms with Crippen molar-refractivity contribution < 1.29 is 14.3 Å². The highest BCUT2D eigenvalue weighted by Crippen LogP contribution is 2.25. The second-order valence-corrected chi connectivity index (χ2v) is 6.70. The highest BCUT2D eigenvalue weighted by atomic mass is 32.1. The third-order valence-corrected chi connectivity index (χ3v) is 4.22. The van der Waals surface area contributed by atoms with E-state index in [0.717, 1.165) is 19.4 Å². The second-order valence-electron chi connectivity index (χ2n) is 5.86. The van der Waals surface area contributed by atoms with E-state index < -0.39 is 11.9 Å². The Bertz CT molecular complexity index is 836. The summed E-state index contributed by atoms with van der Waals surface area (Å²) >= 11 is 1.37. The summed E-state index contributed by atoms with van der Waals surface area (Å²) < 4.78 is 4.64. The molecule has 0 fully saturated rings. The first kappa shape index (κ1) is 21.3. The molecule has 0 aliphatic rings. The smallest absolute Gasteiger partial charge is 0.303 e. The summed E-state index contributed by atoms with van der Waals surface area (Å²) in [5.41, 5.74) is 7.86. The van der Waals surface area contributed by atoms with Crippen molar-refractivity contribution in [2.24, 2.45) is 10.7 Å². The SMILES string of the molecule is CCCCNC(N)=Nc1nc(-c2cccc(CNC(=O)COC(C)=O)n2)cs1. The van der Waals surface area contributed by atoms with Crippen molar-refractivity contribution in [1.82, 2.24) is 20.6 Å². The normalized spacial score (nSPS) is 11.1. The van der Waals surface area contributed by atoms with Gasteiger partial charge in [-0.2, -0.15) is 4.99 Å². The second kappa shape index (κ2) is 11.0. The largest absolute Gasteiger partial charge is 0.456 e. The van der Waals surface area contributed by atoms with Gasteiger partial charge < -0.3 is 21.1 Å². The molecule has 9 nitrogen and oxygen atoms in total. The van der Waals surface area contributed by atoms with E-state index in [-0.39, 0.29) is 13.2 Å². The molecule has 10 heteroatoms. The van der Waals surface area contributed by atoms with Crippen molar-refractivity contribution in [3.8, 4) is 11.4 Å². The van der Waals surface area contributed by atoms with Gasteiger partial charge in [0.15, 0.2) is 12.6 Å². The maximum atomic E-state index is 11.6. The number of amides is 1. The number of carbonyl (C=O) groups excluding carboxylic acids is 2. The topological polar surface area (TPSA) is 132 Å². The standard InChI is InChI=1S/C18H24N6O3S/c1-3-4-8-20-17(19)24-18-23-15(11-28-18)14-7-5-6-13(22-14)9-21-16(26)10-27-12(2)25/h5-7,11H,3-4,8-10H2,1-2H3,(H,21,26)(H3,19,20,23,24). The third-order valence-electron chi connectivity index (χ3n) is 3.49. The molecule has 2 aromatic heterocycles. The Labute approximate surface area is 167 Å². The van der Waals surface area contributed by atoms with Gasteiger partial charge in [-0.3, -0.25) is 9.59 Å². The summed E-state index contributed by atoms with van der Waals surface area (Å²) in [6.07, 6.45) is 2.10. The van der Waals surface area contributed by atoms with Crippen molar-refractivity contribution in [3.63, 3.8) is 0 Å². The molecule has 1 amide bonds. The lowest BCUT2D eigenvalue weighted by molar-refractivity contribution is -0.146. The number of aliphatic imine (C=N–C) groups is 1. The maximum Gasteiger partial charge on any atom is 0.303 e. The van der Waals surface area contributed by atoms with Crippen molar-refractivity contribution in [2.45, 2.75) is 33.2 Å². The van der Waals surface area contributed by atoms with Crippen molar-refractivity contribution in [2.75, 3.05) is 13.2 Å². The van der Waals surface area contributed by atoms with Gasteiger partial charge in [0.05, 0.1) is 17.9 Å². The van der Waals surface area contributed by atoms with Crippen LogP contribution in [0.2, 0.25) is 0 Å². The number of guanidine groups is 1. The van der Waals surface area contributed by atoms with E-state index in [0.29, 0.717) is 28.2 Å². The summed E-state index contributed by atoms with van der Waals surface area (Å²) in [6, 6.07) is 5.45. The van der Waals surface area contributed by atoms with Gasteiger partial charge in [-0.25, -0.2) is 9.97 Å². The summed E-state index contributed by atoms with van der Waals surface area (Å²) in [7, 11) is 0. The Morgan fingerprint density at radius 2 is 2.07 bits per heavy atom. The molecule has 150 valence electrons. The quantitative estimate of drug-likeness (QED) is 0.251. The molecule has 0 spiro atoms. The zero-order valence-corrected chi connectivity index (χ0v) is 16.7. The van der Waals surface area contributed by atoms with Crippen molar-refractivity contribution >= 4 is 34.3 Å².